The Morgan fingerprint density at radius 2 is 2.00 bits per heavy atom. The second-order valence-corrected chi connectivity index (χ2v) is 5.65. The van der Waals surface area contributed by atoms with Crippen LogP contribution in [0.1, 0.15) is 46.5 Å². The monoisotopic (exact) mass is 208 g/mol. The highest BCUT2D eigenvalue weighted by molar-refractivity contribution is 4.93. The minimum atomic E-state index is -0.224. The molecule has 0 aliphatic heterocycles. The normalized spacial score (nSPS) is 27.3. The van der Waals surface area contributed by atoms with Gasteiger partial charge >= 0.3 is 0 Å². The second kappa shape index (κ2) is 5.51. The largest absolute Gasteiger partial charge is 0.315 e. The van der Waals surface area contributed by atoms with Crippen LogP contribution < -0.4 is 5.32 Å². The van der Waals surface area contributed by atoms with E-state index < -0.39 is 0 Å². The van der Waals surface area contributed by atoms with Crippen molar-refractivity contribution in [2.75, 3.05) is 13.1 Å². The van der Waals surface area contributed by atoms with Gasteiger partial charge in [-0.15, -0.1) is 0 Å². The van der Waals surface area contributed by atoms with E-state index in [1.54, 1.807) is 0 Å². The molecule has 0 aromatic carbocycles. The molecule has 1 aliphatic carbocycles. The number of rotatable bonds is 4. The van der Waals surface area contributed by atoms with Gasteiger partial charge in [0.05, 0.1) is 11.5 Å². The lowest BCUT2D eigenvalue weighted by Crippen LogP contribution is -2.34. The highest BCUT2D eigenvalue weighted by Crippen LogP contribution is 2.28. The van der Waals surface area contributed by atoms with E-state index >= 15 is 0 Å². The first-order chi connectivity index (χ1) is 7.05. The quantitative estimate of drug-likeness (QED) is 0.771. The Bertz CT molecular complexity index is 227. The summed E-state index contributed by atoms with van der Waals surface area (Å²) in [6.07, 6.45) is 5.54. The van der Waals surface area contributed by atoms with Crippen LogP contribution in [-0.4, -0.2) is 13.1 Å². The smallest absolute Gasteiger partial charge is 0.0697 e. The molecule has 0 spiro atoms. The van der Waals surface area contributed by atoms with Crippen molar-refractivity contribution < 1.29 is 0 Å². The van der Waals surface area contributed by atoms with Gasteiger partial charge in [-0.05, 0) is 38.6 Å². The lowest BCUT2D eigenvalue weighted by Gasteiger charge is -2.29. The van der Waals surface area contributed by atoms with Gasteiger partial charge < -0.3 is 5.32 Å². The maximum atomic E-state index is 8.89. The van der Waals surface area contributed by atoms with Crippen molar-refractivity contribution in [2.24, 2.45) is 17.3 Å². The van der Waals surface area contributed by atoms with Crippen molar-refractivity contribution in [3.05, 3.63) is 0 Å². The van der Waals surface area contributed by atoms with Gasteiger partial charge in [0.25, 0.3) is 0 Å². The van der Waals surface area contributed by atoms with Crippen molar-refractivity contribution in [3.8, 4) is 6.07 Å². The summed E-state index contributed by atoms with van der Waals surface area (Å²) in [6, 6.07) is 2.33. The van der Waals surface area contributed by atoms with Crippen molar-refractivity contribution in [3.63, 3.8) is 0 Å². The van der Waals surface area contributed by atoms with E-state index in [1.165, 1.54) is 25.7 Å². The Hall–Kier alpha value is -0.550. The minimum Gasteiger partial charge on any atom is -0.315 e. The number of hydrogen-bond donors (Lipinski definition) is 1. The SMILES string of the molecule is CC1CCCCC1CNCC(C)(C)C#N. The van der Waals surface area contributed by atoms with E-state index in [0.29, 0.717) is 0 Å². The van der Waals surface area contributed by atoms with Crippen molar-refractivity contribution in [2.45, 2.75) is 46.5 Å². The first-order valence-electron chi connectivity index (χ1n) is 6.17. The summed E-state index contributed by atoms with van der Waals surface area (Å²) in [5, 5.41) is 12.3. The van der Waals surface area contributed by atoms with Crippen LogP contribution in [0.25, 0.3) is 0 Å². The summed E-state index contributed by atoms with van der Waals surface area (Å²) in [7, 11) is 0. The van der Waals surface area contributed by atoms with Crippen LogP contribution in [0.5, 0.6) is 0 Å². The van der Waals surface area contributed by atoms with Crippen molar-refractivity contribution in [1.29, 1.82) is 5.26 Å². The molecule has 2 atom stereocenters. The maximum Gasteiger partial charge on any atom is 0.0697 e. The van der Waals surface area contributed by atoms with Crippen LogP contribution in [0, 0.1) is 28.6 Å². The zero-order valence-electron chi connectivity index (χ0n) is 10.3. The van der Waals surface area contributed by atoms with E-state index in [1.807, 2.05) is 13.8 Å². The van der Waals surface area contributed by atoms with Gasteiger partial charge in [0, 0.05) is 6.54 Å². The van der Waals surface area contributed by atoms with Gasteiger partial charge in [0.15, 0.2) is 0 Å². The Morgan fingerprint density at radius 3 is 2.60 bits per heavy atom. The number of nitrogens with one attached hydrogen (secondary N) is 1. The second-order valence-electron chi connectivity index (χ2n) is 5.65. The van der Waals surface area contributed by atoms with Crippen molar-refractivity contribution >= 4 is 0 Å². The van der Waals surface area contributed by atoms with E-state index in [9.17, 15) is 0 Å². The van der Waals surface area contributed by atoms with Gasteiger partial charge in [-0.25, -0.2) is 0 Å². The van der Waals surface area contributed by atoms with Crippen LogP contribution in [0.15, 0.2) is 0 Å². The number of nitriles is 1. The summed E-state index contributed by atoms with van der Waals surface area (Å²) in [4.78, 5) is 0. The van der Waals surface area contributed by atoms with Gasteiger partial charge in [0.1, 0.15) is 0 Å². The molecule has 1 saturated carbocycles. The molecule has 86 valence electrons. The van der Waals surface area contributed by atoms with Gasteiger partial charge in [-0.3, -0.25) is 0 Å². The molecule has 0 saturated heterocycles. The first-order valence-corrected chi connectivity index (χ1v) is 6.17. The van der Waals surface area contributed by atoms with Crippen LogP contribution in [0.4, 0.5) is 0 Å². The third-order valence-corrected chi connectivity index (χ3v) is 3.57. The zero-order chi connectivity index (χ0) is 11.3. The lowest BCUT2D eigenvalue weighted by atomic mass is 9.80. The minimum absolute atomic E-state index is 0.224. The Morgan fingerprint density at radius 1 is 1.33 bits per heavy atom. The number of hydrogen-bond acceptors (Lipinski definition) is 2. The third-order valence-electron chi connectivity index (χ3n) is 3.57. The lowest BCUT2D eigenvalue weighted by molar-refractivity contribution is 0.242. The molecule has 1 aliphatic rings. The molecule has 2 nitrogen and oxygen atoms in total. The first kappa shape index (κ1) is 12.5. The summed E-state index contributed by atoms with van der Waals surface area (Å²) in [5.41, 5.74) is -0.224. The van der Waals surface area contributed by atoms with Gasteiger partial charge in [-0.2, -0.15) is 5.26 Å². The molecule has 0 aromatic heterocycles. The average Bonchev–Trinajstić information content (AvgIpc) is 2.21. The maximum absolute atomic E-state index is 8.89. The zero-order valence-corrected chi connectivity index (χ0v) is 10.3. The standard InChI is InChI=1S/C13H24N2/c1-11-6-4-5-7-12(11)8-15-10-13(2,3)9-14/h11-12,15H,4-8,10H2,1-3H3. The molecule has 2 heteroatoms. The molecule has 0 radical (unpaired) electrons. The molecule has 0 amide bonds. The third kappa shape index (κ3) is 4.22. The molecule has 1 N–H and O–H groups in total. The van der Waals surface area contributed by atoms with E-state index in [4.69, 9.17) is 5.26 Å². The fourth-order valence-electron chi connectivity index (χ4n) is 2.31. The highest BCUT2D eigenvalue weighted by atomic mass is 14.9. The Kier molecular flexibility index (Phi) is 4.60. The van der Waals surface area contributed by atoms with Crippen LogP contribution in [-0.2, 0) is 0 Å². The predicted octanol–water partition coefficient (Wildman–Crippen LogP) is 2.95. The van der Waals surface area contributed by atoms with Gasteiger partial charge in [-0.1, -0.05) is 26.2 Å². The number of nitrogens with zero attached hydrogens (tertiary/aromatic N) is 1. The molecule has 0 bridgehead atoms. The molecular weight excluding hydrogens is 184 g/mol. The fourth-order valence-corrected chi connectivity index (χ4v) is 2.31. The predicted molar refractivity (Wildman–Crippen MR) is 63.4 cm³/mol. The van der Waals surface area contributed by atoms with Crippen LogP contribution in [0.3, 0.4) is 0 Å². The topological polar surface area (TPSA) is 35.8 Å². The van der Waals surface area contributed by atoms with Gasteiger partial charge in [0.2, 0.25) is 0 Å². The van der Waals surface area contributed by atoms with E-state index in [2.05, 4.69) is 18.3 Å². The van der Waals surface area contributed by atoms with Crippen molar-refractivity contribution in [1.82, 2.24) is 5.32 Å². The highest BCUT2D eigenvalue weighted by Gasteiger charge is 2.22. The Labute approximate surface area is 94.1 Å². The van der Waals surface area contributed by atoms with Crippen LogP contribution >= 0.6 is 0 Å². The summed E-state index contributed by atoms with van der Waals surface area (Å²) in [6.45, 7) is 8.24. The van der Waals surface area contributed by atoms with E-state index in [0.717, 1.165) is 24.9 Å². The molecule has 15 heavy (non-hydrogen) atoms. The fraction of sp³-hybridized carbons (Fsp3) is 0.923. The summed E-state index contributed by atoms with van der Waals surface area (Å²) < 4.78 is 0. The van der Waals surface area contributed by atoms with Crippen LogP contribution in [0.2, 0.25) is 0 Å². The molecular formula is C13H24N2. The molecule has 1 rings (SSSR count). The Balaban J connectivity index is 2.22. The summed E-state index contributed by atoms with van der Waals surface area (Å²) >= 11 is 0. The summed E-state index contributed by atoms with van der Waals surface area (Å²) in [5.74, 6) is 1.68. The average molecular weight is 208 g/mol. The molecule has 1 fully saturated rings. The molecule has 0 aromatic rings. The molecule has 0 heterocycles. The van der Waals surface area contributed by atoms with E-state index in [-0.39, 0.29) is 5.41 Å². The molecule has 2 unspecified atom stereocenters.